The summed E-state index contributed by atoms with van der Waals surface area (Å²) >= 11 is 6.15. The molecule has 1 spiro atoms. The summed E-state index contributed by atoms with van der Waals surface area (Å²) in [5, 5.41) is 0.383. The van der Waals surface area contributed by atoms with E-state index < -0.39 is 11.2 Å². The Morgan fingerprint density at radius 2 is 2.00 bits per heavy atom. The number of carbonyl (C=O) groups excluding carboxylic acids is 2. The molecule has 124 valence electrons. The number of likely N-dealkylation sites (tertiary alicyclic amines) is 1. The second kappa shape index (κ2) is 5.26. The van der Waals surface area contributed by atoms with E-state index in [4.69, 9.17) is 16.3 Å². The zero-order valence-electron chi connectivity index (χ0n) is 13.2. The number of carbonyl (C=O) groups is 2. The van der Waals surface area contributed by atoms with Gasteiger partial charge in [-0.1, -0.05) is 11.6 Å². The van der Waals surface area contributed by atoms with Gasteiger partial charge in [-0.15, -0.1) is 0 Å². The number of aryl methyl sites for hydroxylation is 1. The smallest absolute Gasteiger partial charge is 0.410 e. The lowest BCUT2D eigenvalue weighted by Gasteiger charge is -2.22. The van der Waals surface area contributed by atoms with Crippen molar-refractivity contribution in [3.8, 4) is 0 Å². The Hall–Kier alpha value is -2.02. The summed E-state index contributed by atoms with van der Waals surface area (Å²) in [7, 11) is 1.66. The number of amides is 2. The number of hydrogen-bond donors (Lipinski definition) is 1. The topological polar surface area (TPSA) is 82.7 Å². The maximum Gasteiger partial charge on any atom is 0.410 e. The van der Waals surface area contributed by atoms with Gasteiger partial charge in [-0.05, 0) is 19.4 Å². The van der Waals surface area contributed by atoms with Crippen LogP contribution in [-0.2, 0) is 4.74 Å². The van der Waals surface area contributed by atoms with Crippen LogP contribution >= 0.6 is 11.6 Å². The van der Waals surface area contributed by atoms with E-state index in [0.717, 1.165) is 0 Å². The molecule has 1 N–H and O–H groups in total. The molecule has 0 aromatic carbocycles. The van der Waals surface area contributed by atoms with Crippen molar-refractivity contribution in [2.45, 2.75) is 25.9 Å². The van der Waals surface area contributed by atoms with Crippen molar-refractivity contribution < 1.29 is 14.3 Å². The standard InChI is InChI=1S/C15H18ClN3O4/c1-8-10(12(20)17-9(2)11(8)16)13(21)19-5-4-15(7-19)6-18(3)14(22)23-15/h4-7H2,1-3H3,(H,17,20)/t15-/m1/s1. The Morgan fingerprint density at radius 1 is 1.30 bits per heavy atom. The molecular weight excluding hydrogens is 322 g/mol. The Morgan fingerprint density at radius 3 is 2.61 bits per heavy atom. The average molecular weight is 340 g/mol. The minimum Gasteiger partial charge on any atom is -0.439 e. The Bertz CT molecular complexity index is 760. The largest absolute Gasteiger partial charge is 0.439 e. The molecule has 2 amide bonds. The first-order valence-electron chi connectivity index (χ1n) is 7.36. The molecule has 3 heterocycles. The number of aromatic amines is 1. The van der Waals surface area contributed by atoms with Gasteiger partial charge in [-0.25, -0.2) is 4.79 Å². The number of rotatable bonds is 1. The van der Waals surface area contributed by atoms with Gasteiger partial charge < -0.3 is 19.5 Å². The summed E-state index contributed by atoms with van der Waals surface area (Å²) in [6, 6.07) is 0. The Balaban J connectivity index is 1.88. The Labute approximate surface area is 138 Å². The molecule has 0 saturated carbocycles. The van der Waals surface area contributed by atoms with Crippen LogP contribution in [0.2, 0.25) is 5.02 Å². The van der Waals surface area contributed by atoms with E-state index in [1.54, 1.807) is 25.8 Å². The summed E-state index contributed by atoms with van der Waals surface area (Å²) in [5.41, 5.74) is -0.0583. The van der Waals surface area contributed by atoms with E-state index in [1.807, 2.05) is 0 Å². The van der Waals surface area contributed by atoms with Crippen LogP contribution in [0, 0.1) is 13.8 Å². The minimum atomic E-state index is -0.670. The van der Waals surface area contributed by atoms with Gasteiger partial charge in [0.2, 0.25) is 0 Å². The summed E-state index contributed by atoms with van der Waals surface area (Å²) in [4.78, 5) is 42.2. The van der Waals surface area contributed by atoms with E-state index in [-0.39, 0.29) is 24.1 Å². The number of aromatic nitrogens is 1. The zero-order valence-corrected chi connectivity index (χ0v) is 14.0. The monoisotopic (exact) mass is 339 g/mol. The Kier molecular flexibility index (Phi) is 3.63. The van der Waals surface area contributed by atoms with Crippen LogP contribution in [0.1, 0.15) is 28.0 Å². The van der Waals surface area contributed by atoms with Gasteiger partial charge in [0, 0.05) is 25.7 Å². The first kappa shape index (κ1) is 15.9. The molecule has 0 radical (unpaired) electrons. The summed E-state index contributed by atoms with van der Waals surface area (Å²) < 4.78 is 5.42. The number of hydrogen-bond acceptors (Lipinski definition) is 4. The van der Waals surface area contributed by atoms with E-state index >= 15 is 0 Å². The predicted octanol–water partition coefficient (Wildman–Crippen LogP) is 1.31. The number of ether oxygens (including phenoxy) is 1. The second-order valence-electron chi connectivity index (χ2n) is 6.28. The average Bonchev–Trinajstić information content (AvgIpc) is 3.00. The molecule has 2 aliphatic rings. The molecule has 1 atom stereocenters. The summed E-state index contributed by atoms with van der Waals surface area (Å²) in [6.07, 6.45) is 0.178. The molecule has 0 unspecified atom stereocenters. The highest BCUT2D eigenvalue weighted by atomic mass is 35.5. The molecule has 23 heavy (non-hydrogen) atoms. The van der Waals surface area contributed by atoms with Crippen LogP contribution in [0.25, 0.3) is 0 Å². The molecule has 2 aliphatic heterocycles. The second-order valence-corrected chi connectivity index (χ2v) is 6.65. The van der Waals surface area contributed by atoms with Crippen LogP contribution < -0.4 is 5.56 Å². The number of H-pyrrole nitrogens is 1. The first-order valence-corrected chi connectivity index (χ1v) is 7.74. The van der Waals surface area contributed by atoms with Crippen LogP contribution in [0.5, 0.6) is 0 Å². The molecule has 0 bridgehead atoms. The van der Waals surface area contributed by atoms with Crippen molar-refractivity contribution >= 4 is 23.6 Å². The molecule has 2 fully saturated rings. The van der Waals surface area contributed by atoms with Gasteiger partial charge in [0.1, 0.15) is 5.56 Å². The highest BCUT2D eigenvalue weighted by Crippen LogP contribution is 2.32. The van der Waals surface area contributed by atoms with Gasteiger partial charge in [0.25, 0.3) is 11.5 Å². The van der Waals surface area contributed by atoms with E-state index in [0.29, 0.717) is 35.8 Å². The molecular formula is C15H18ClN3O4. The SMILES string of the molecule is Cc1[nH]c(=O)c(C(=O)N2CC[C@@]3(CN(C)C(=O)O3)C2)c(C)c1Cl. The highest BCUT2D eigenvalue weighted by molar-refractivity contribution is 6.32. The summed E-state index contributed by atoms with van der Waals surface area (Å²) in [5.74, 6) is -0.381. The molecule has 2 saturated heterocycles. The lowest BCUT2D eigenvalue weighted by atomic mass is 10.0. The first-order chi connectivity index (χ1) is 10.7. The number of likely N-dealkylation sites (N-methyl/N-ethyl adjacent to an activating group) is 1. The van der Waals surface area contributed by atoms with Gasteiger partial charge in [-0.2, -0.15) is 0 Å². The molecule has 8 heteroatoms. The third-order valence-electron chi connectivity index (χ3n) is 4.52. The van der Waals surface area contributed by atoms with Crippen LogP contribution in [0.3, 0.4) is 0 Å². The maximum absolute atomic E-state index is 12.7. The number of nitrogens with one attached hydrogen (secondary N) is 1. The van der Waals surface area contributed by atoms with Gasteiger partial charge >= 0.3 is 6.09 Å². The van der Waals surface area contributed by atoms with Crippen molar-refractivity contribution in [1.82, 2.24) is 14.8 Å². The van der Waals surface area contributed by atoms with Gasteiger partial charge in [-0.3, -0.25) is 9.59 Å². The fraction of sp³-hybridized carbons (Fsp3) is 0.533. The lowest BCUT2D eigenvalue weighted by molar-refractivity contribution is 0.0552. The van der Waals surface area contributed by atoms with Crippen molar-refractivity contribution in [3.05, 3.63) is 32.2 Å². The minimum absolute atomic E-state index is 0.0512. The van der Waals surface area contributed by atoms with Gasteiger partial charge in [0.05, 0.1) is 18.1 Å². The molecule has 1 aromatic heterocycles. The van der Waals surface area contributed by atoms with Crippen molar-refractivity contribution in [2.24, 2.45) is 0 Å². The predicted molar refractivity (Wildman–Crippen MR) is 83.9 cm³/mol. The zero-order chi connectivity index (χ0) is 16.9. The van der Waals surface area contributed by atoms with E-state index in [1.165, 1.54) is 4.90 Å². The molecule has 3 rings (SSSR count). The van der Waals surface area contributed by atoms with E-state index in [2.05, 4.69) is 4.98 Å². The maximum atomic E-state index is 12.7. The third-order valence-corrected chi connectivity index (χ3v) is 5.09. The fourth-order valence-electron chi connectivity index (χ4n) is 3.29. The quantitative estimate of drug-likeness (QED) is 0.836. The van der Waals surface area contributed by atoms with Crippen LogP contribution in [-0.4, -0.2) is 59.1 Å². The molecule has 0 aliphatic carbocycles. The van der Waals surface area contributed by atoms with Crippen molar-refractivity contribution in [1.29, 1.82) is 0 Å². The number of pyridine rings is 1. The summed E-state index contributed by atoms with van der Waals surface area (Å²) in [6.45, 7) is 4.51. The third kappa shape index (κ3) is 2.49. The van der Waals surface area contributed by atoms with Crippen molar-refractivity contribution in [2.75, 3.05) is 26.7 Å². The van der Waals surface area contributed by atoms with E-state index in [9.17, 15) is 14.4 Å². The normalized spacial score (nSPS) is 23.7. The lowest BCUT2D eigenvalue weighted by Crippen LogP contribution is -2.40. The highest BCUT2D eigenvalue weighted by Gasteiger charge is 2.49. The van der Waals surface area contributed by atoms with Crippen LogP contribution in [0.4, 0.5) is 4.79 Å². The van der Waals surface area contributed by atoms with Crippen LogP contribution in [0.15, 0.2) is 4.79 Å². The molecule has 7 nitrogen and oxygen atoms in total. The number of nitrogens with zero attached hydrogens (tertiary/aromatic N) is 2. The fourth-order valence-corrected chi connectivity index (χ4v) is 3.43. The molecule has 1 aromatic rings. The number of halogens is 1. The van der Waals surface area contributed by atoms with Crippen molar-refractivity contribution in [3.63, 3.8) is 0 Å². The van der Waals surface area contributed by atoms with Gasteiger partial charge in [0.15, 0.2) is 5.60 Å².